The second kappa shape index (κ2) is 11.4. The van der Waals surface area contributed by atoms with Gasteiger partial charge in [-0.1, -0.05) is 31.9 Å². The Hall–Kier alpha value is -3.79. The predicted molar refractivity (Wildman–Crippen MR) is 126 cm³/mol. The number of rotatable bonds is 9. The summed E-state index contributed by atoms with van der Waals surface area (Å²) in [5.41, 5.74) is 6.65. The van der Waals surface area contributed by atoms with Gasteiger partial charge in [-0.05, 0) is 54.4 Å². The number of esters is 1. The molecule has 3 rings (SSSR count). The van der Waals surface area contributed by atoms with Crippen molar-refractivity contribution in [3.63, 3.8) is 0 Å². The van der Waals surface area contributed by atoms with E-state index in [2.05, 4.69) is 25.6 Å². The Morgan fingerprint density at radius 1 is 1.09 bits per heavy atom. The van der Waals surface area contributed by atoms with Crippen molar-refractivity contribution in [2.24, 2.45) is 5.92 Å². The lowest BCUT2D eigenvalue weighted by atomic mass is 9.99. The maximum absolute atomic E-state index is 13.1. The zero-order valence-electron chi connectivity index (χ0n) is 18.6. The molecule has 1 aromatic heterocycles. The number of aromatic nitrogens is 3. The molecule has 1 amide bonds. The second-order valence-corrected chi connectivity index (χ2v) is 7.95. The highest BCUT2D eigenvalue weighted by molar-refractivity contribution is 6.30. The van der Waals surface area contributed by atoms with Gasteiger partial charge < -0.3 is 21.1 Å². The van der Waals surface area contributed by atoms with Gasteiger partial charge in [-0.25, -0.2) is 9.18 Å². The van der Waals surface area contributed by atoms with Crippen LogP contribution in [0.15, 0.2) is 48.5 Å². The van der Waals surface area contributed by atoms with Crippen LogP contribution in [0, 0.1) is 11.7 Å². The molecule has 0 saturated heterocycles. The van der Waals surface area contributed by atoms with Crippen LogP contribution in [0.1, 0.15) is 36.5 Å². The Morgan fingerprint density at radius 2 is 1.76 bits per heavy atom. The van der Waals surface area contributed by atoms with Crippen molar-refractivity contribution in [1.29, 1.82) is 0 Å². The maximum Gasteiger partial charge on any atom is 0.329 e. The molecule has 0 fully saturated rings. The van der Waals surface area contributed by atoms with Crippen molar-refractivity contribution in [3.8, 4) is 0 Å². The molecule has 0 aliphatic rings. The van der Waals surface area contributed by atoms with Gasteiger partial charge in [0.25, 0.3) is 5.91 Å². The highest BCUT2D eigenvalue weighted by atomic mass is 35.5. The fourth-order valence-corrected chi connectivity index (χ4v) is 3.07. The highest BCUT2D eigenvalue weighted by Crippen LogP contribution is 2.16. The molecule has 4 N–H and O–H groups in total. The Kier molecular flexibility index (Phi) is 8.31. The molecule has 11 heteroatoms. The third kappa shape index (κ3) is 6.85. The minimum absolute atomic E-state index is 0.0832. The van der Waals surface area contributed by atoms with Gasteiger partial charge in [0.05, 0.1) is 0 Å². The lowest BCUT2D eigenvalue weighted by Crippen LogP contribution is -2.46. The van der Waals surface area contributed by atoms with E-state index in [0.29, 0.717) is 22.7 Å². The average molecular weight is 487 g/mol. The number of hydrogen-bond acceptors (Lipinski definition) is 8. The van der Waals surface area contributed by atoms with Crippen LogP contribution >= 0.6 is 11.6 Å². The summed E-state index contributed by atoms with van der Waals surface area (Å²) < 4.78 is 18.5. The summed E-state index contributed by atoms with van der Waals surface area (Å²) in [6, 6.07) is 11.0. The van der Waals surface area contributed by atoms with Crippen LogP contribution in [-0.2, 0) is 16.1 Å². The van der Waals surface area contributed by atoms with E-state index in [0.717, 1.165) is 0 Å². The van der Waals surface area contributed by atoms with E-state index in [4.69, 9.17) is 22.1 Å². The standard InChI is InChI=1S/C23H24ClFN6O3/c1-3-13(2)19(30-20(32)14-4-6-15(24)7-5-14)21(33)34-12-18-28-22(26)31-23(29-18)27-17-10-8-16(25)9-11-17/h4-11,13,19H,3,12H2,1-2H3,(H,30,32)(H3,26,27,28,29,31)/t13-,19-/m0/s1. The van der Waals surface area contributed by atoms with Gasteiger partial charge in [-0.2, -0.15) is 15.0 Å². The minimum Gasteiger partial charge on any atom is -0.456 e. The number of hydrogen-bond donors (Lipinski definition) is 3. The summed E-state index contributed by atoms with van der Waals surface area (Å²) in [7, 11) is 0. The van der Waals surface area contributed by atoms with Crippen molar-refractivity contribution in [2.75, 3.05) is 11.1 Å². The van der Waals surface area contributed by atoms with Crippen LogP contribution in [0.4, 0.5) is 22.0 Å². The van der Waals surface area contributed by atoms with Crippen molar-refractivity contribution < 1.29 is 18.7 Å². The van der Waals surface area contributed by atoms with E-state index >= 15 is 0 Å². The van der Waals surface area contributed by atoms with Crippen molar-refractivity contribution in [2.45, 2.75) is 32.9 Å². The normalized spacial score (nSPS) is 12.5. The Labute approximate surface area is 200 Å². The first kappa shape index (κ1) is 24.8. The monoisotopic (exact) mass is 486 g/mol. The first-order valence-corrected chi connectivity index (χ1v) is 10.9. The van der Waals surface area contributed by atoms with Gasteiger partial charge in [-0.3, -0.25) is 4.79 Å². The smallest absolute Gasteiger partial charge is 0.329 e. The zero-order valence-corrected chi connectivity index (χ0v) is 19.3. The van der Waals surface area contributed by atoms with Gasteiger partial charge in [0.15, 0.2) is 12.4 Å². The number of ether oxygens (including phenoxy) is 1. The quantitative estimate of drug-likeness (QED) is 0.388. The van der Waals surface area contributed by atoms with Crippen molar-refractivity contribution >= 4 is 41.1 Å². The lowest BCUT2D eigenvalue weighted by Gasteiger charge is -2.22. The molecule has 0 spiro atoms. The molecule has 2 atom stereocenters. The zero-order chi connectivity index (χ0) is 24.7. The Bertz CT molecular complexity index is 1140. The first-order valence-electron chi connectivity index (χ1n) is 10.5. The molecule has 0 aliphatic heterocycles. The van der Waals surface area contributed by atoms with E-state index in [1.165, 1.54) is 24.3 Å². The number of nitrogen functional groups attached to an aromatic ring is 1. The van der Waals surface area contributed by atoms with Gasteiger partial charge in [0.1, 0.15) is 11.9 Å². The summed E-state index contributed by atoms with van der Waals surface area (Å²) in [5, 5.41) is 6.10. The van der Waals surface area contributed by atoms with E-state index in [1.54, 1.807) is 24.3 Å². The number of amides is 1. The molecule has 0 radical (unpaired) electrons. The molecule has 1 heterocycles. The summed E-state index contributed by atoms with van der Waals surface area (Å²) in [6.45, 7) is 3.45. The molecule has 0 saturated carbocycles. The van der Waals surface area contributed by atoms with E-state index in [-0.39, 0.29) is 36.1 Å². The summed E-state index contributed by atoms with van der Waals surface area (Å²) in [5.74, 6) is -1.50. The van der Waals surface area contributed by atoms with Gasteiger partial charge in [0, 0.05) is 16.3 Å². The number of benzene rings is 2. The van der Waals surface area contributed by atoms with Gasteiger partial charge >= 0.3 is 5.97 Å². The third-order valence-electron chi connectivity index (χ3n) is 5.00. The van der Waals surface area contributed by atoms with Gasteiger partial charge in [-0.15, -0.1) is 0 Å². The topological polar surface area (TPSA) is 132 Å². The average Bonchev–Trinajstić information content (AvgIpc) is 2.82. The number of nitrogens with two attached hydrogens (primary N) is 1. The summed E-state index contributed by atoms with van der Waals surface area (Å²) in [6.07, 6.45) is 0.630. The molecule has 9 nitrogen and oxygen atoms in total. The first-order chi connectivity index (χ1) is 16.2. The minimum atomic E-state index is -0.885. The van der Waals surface area contributed by atoms with E-state index in [9.17, 15) is 14.0 Å². The van der Waals surface area contributed by atoms with Crippen LogP contribution in [0.25, 0.3) is 0 Å². The Balaban J connectivity index is 1.67. The number of carbonyl (C=O) groups is 2. The molecule has 0 aliphatic carbocycles. The fraction of sp³-hybridized carbons (Fsp3) is 0.261. The lowest BCUT2D eigenvalue weighted by molar-refractivity contribution is -0.148. The molecule has 2 aromatic carbocycles. The molecule has 178 valence electrons. The third-order valence-corrected chi connectivity index (χ3v) is 5.25. The van der Waals surface area contributed by atoms with Crippen LogP contribution < -0.4 is 16.4 Å². The van der Waals surface area contributed by atoms with Crippen LogP contribution in [0.5, 0.6) is 0 Å². The molecule has 0 unspecified atom stereocenters. The molecular formula is C23H24ClFN6O3. The highest BCUT2D eigenvalue weighted by Gasteiger charge is 2.28. The molecule has 34 heavy (non-hydrogen) atoms. The van der Waals surface area contributed by atoms with Crippen LogP contribution in [-0.4, -0.2) is 32.9 Å². The maximum atomic E-state index is 13.1. The van der Waals surface area contributed by atoms with Crippen LogP contribution in [0.3, 0.4) is 0 Å². The number of anilines is 3. The largest absolute Gasteiger partial charge is 0.456 e. The van der Waals surface area contributed by atoms with Crippen LogP contribution in [0.2, 0.25) is 5.02 Å². The number of carbonyl (C=O) groups excluding carboxylic acids is 2. The molecular weight excluding hydrogens is 463 g/mol. The van der Waals surface area contributed by atoms with E-state index in [1.807, 2.05) is 13.8 Å². The SMILES string of the molecule is CC[C@H](C)[C@H](NC(=O)c1ccc(Cl)cc1)C(=O)OCc1nc(N)nc(Nc2ccc(F)cc2)n1. The number of nitrogens with zero attached hydrogens (tertiary/aromatic N) is 3. The van der Waals surface area contributed by atoms with E-state index < -0.39 is 17.9 Å². The summed E-state index contributed by atoms with van der Waals surface area (Å²) >= 11 is 5.87. The predicted octanol–water partition coefficient (Wildman–Crippen LogP) is 3.88. The van der Waals surface area contributed by atoms with Gasteiger partial charge in [0.2, 0.25) is 11.9 Å². The number of nitrogens with one attached hydrogen (secondary N) is 2. The second-order valence-electron chi connectivity index (χ2n) is 7.52. The molecule has 0 bridgehead atoms. The molecule has 3 aromatic rings. The number of halogens is 2. The Morgan fingerprint density at radius 3 is 2.41 bits per heavy atom. The summed E-state index contributed by atoms with van der Waals surface area (Å²) in [4.78, 5) is 37.6. The fourth-order valence-electron chi connectivity index (χ4n) is 2.94. The van der Waals surface area contributed by atoms with Crippen molar-refractivity contribution in [3.05, 3.63) is 70.8 Å². The van der Waals surface area contributed by atoms with Crippen molar-refractivity contribution in [1.82, 2.24) is 20.3 Å².